The Hall–Kier alpha value is -4.87. The molecule has 0 fully saturated rings. The molecule has 2 aromatic carbocycles. The minimum Gasteiger partial charge on any atom is -0.450 e. The molecule has 0 aliphatic carbocycles. The molecule has 1 atom stereocenters. The highest BCUT2D eigenvalue weighted by Crippen LogP contribution is 2.36. The number of nitrogens with zero attached hydrogens (tertiary/aromatic N) is 5. The summed E-state index contributed by atoms with van der Waals surface area (Å²) in [4.78, 5) is 36.7. The van der Waals surface area contributed by atoms with Crippen LogP contribution < -0.4 is 4.74 Å². The number of hydrazone groups is 1. The van der Waals surface area contributed by atoms with Crippen LogP contribution in [0.1, 0.15) is 24.3 Å². The highest BCUT2D eigenvalue weighted by molar-refractivity contribution is 5.96. The van der Waals surface area contributed by atoms with Crippen LogP contribution in [0.2, 0.25) is 0 Å². The molecular weight excluding hydrogens is 434 g/mol. The Labute approximate surface area is 186 Å². The first-order valence-electron chi connectivity index (χ1n) is 9.49. The van der Waals surface area contributed by atoms with Crippen LogP contribution in [0.4, 0.5) is 11.4 Å². The summed E-state index contributed by atoms with van der Waals surface area (Å²) < 4.78 is 11.5. The summed E-state index contributed by atoms with van der Waals surface area (Å²) in [6, 6.07) is 12.8. The van der Waals surface area contributed by atoms with Crippen molar-refractivity contribution in [3.8, 4) is 11.5 Å². The van der Waals surface area contributed by atoms with E-state index in [2.05, 4.69) is 10.1 Å². The third-order valence-corrected chi connectivity index (χ3v) is 4.64. The van der Waals surface area contributed by atoms with Gasteiger partial charge in [-0.1, -0.05) is 0 Å². The van der Waals surface area contributed by atoms with Crippen molar-refractivity contribution in [3.05, 3.63) is 98.3 Å². The summed E-state index contributed by atoms with van der Waals surface area (Å²) in [7, 11) is 0. The van der Waals surface area contributed by atoms with E-state index >= 15 is 0 Å². The molecule has 0 unspecified atom stereocenters. The van der Waals surface area contributed by atoms with E-state index in [4.69, 9.17) is 9.47 Å². The molecular formula is C21H15N5O7. The van der Waals surface area contributed by atoms with Crippen molar-refractivity contribution in [2.24, 2.45) is 5.10 Å². The molecule has 0 bridgehead atoms. The van der Waals surface area contributed by atoms with Gasteiger partial charge in [0.05, 0.1) is 15.9 Å². The second-order valence-corrected chi connectivity index (χ2v) is 6.81. The van der Waals surface area contributed by atoms with E-state index in [-0.39, 0.29) is 23.3 Å². The Morgan fingerprint density at radius 1 is 1.03 bits per heavy atom. The summed E-state index contributed by atoms with van der Waals surface area (Å²) in [6.07, 6.45) is 2.35. The zero-order chi connectivity index (χ0) is 23.5. The van der Waals surface area contributed by atoms with Gasteiger partial charge in [0.15, 0.2) is 0 Å². The van der Waals surface area contributed by atoms with Crippen molar-refractivity contribution in [1.29, 1.82) is 0 Å². The van der Waals surface area contributed by atoms with Gasteiger partial charge in [-0.05, 0) is 42.5 Å². The molecule has 12 nitrogen and oxygen atoms in total. The summed E-state index contributed by atoms with van der Waals surface area (Å²) >= 11 is 0. The molecule has 1 aromatic heterocycles. The van der Waals surface area contributed by atoms with Gasteiger partial charge >= 0.3 is 5.69 Å². The molecule has 1 aliphatic heterocycles. The normalized spacial score (nSPS) is 14.9. The van der Waals surface area contributed by atoms with Gasteiger partial charge in [-0.15, -0.1) is 5.10 Å². The van der Waals surface area contributed by atoms with Gasteiger partial charge in [0.2, 0.25) is 23.8 Å². The standard InChI is InChI=1S/C21H15N5O7/c1-13(27)24-21(33-20(23-24)14-8-10-22-11-9-14)15-2-5-17(6-3-15)32-19-7-4-16(25(28)29)12-18(19)26(30)31/h2-12,21H,1H3/t21-/m0/s1. The summed E-state index contributed by atoms with van der Waals surface area (Å²) in [5, 5.41) is 27.6. The number of aromatic nitrogens is 1. The van der Waals surface area contributed by atoms with E-state index in [9.17, 15) is 25.0 Å². The summed E-state index contributed by atoms with van der Waals surface area (Å²) in [5.74, 6) is 0.0350. The van der Waals surface area contributed by atoms with Crippen molar-refractivity contribution in [3.63, 3.8) is 0 Å². The number of nitro groups is 2. The third-order valence-electron chi connectivity index (χ3n) is 4.64. The minimum absolute atomic E-state index is 0.149. The zero-order valence-corrected chi connectivity index (χ0v) is 17.0. The average molecular weight is 449 g/mol. The maximum absolute atomic E-state index is 12.1. The molecule has 2 heterocycles. The summed E-state index contributed by atoms with van der Waals surface area (Å²) in [5.41, 5.74) is 0.287. The molecule has 1 aliphatic rings. The van der Waals surface area contributed by atoms with Gasteiger partial charge in [-0.25, -0.2) is 0 Å². The molecule has 0 spiro atoms. The lowest BCUT2D eigenvalue weighted by molar-refractivity contribution is -0.394. The van der Waals surface area contributed by atoms with E-state index in [0.29, 0.717) is 11.1 Å². The molecule has 4 rings (SSSR count). The molecule has 12 heteroatoms. The number of benzene rings is 2. The van der Waals surface area contributed by atoms with Crippen LogP contribution in [0.3, 0.4) is 0 Å². The van der Waals surface area contributed by atoms with Crippen LogP contribution >= 0.6 is 0 Å². The van der Waals surface area contributed by atoms with Gasteiger partial charge in [0.25, 0.3) is 5.69 Å². The van der Waals surface area contributed by atoms with E-state index in [1.807, 2.05) is 0 Å². The molecule has 0 radical (unpaired) electrons. The van der Waals surface area contributed by atoms with Crippen molar-refractivity contribution in [1.82, 2.24) is 9.99 Å². The number of carbonyl (C=O) groups excluding carboxylic acids is 1. The Bertz CT molecular complexity index is 1260. The lowest BCUT2D eigenvalue weighted by Crippen LogP contribution is -2.25. The van der Waals surface area contributed by atoms with E-state index in [1.54, 1.807) is 36.7 Å². The second kappa shape index (κ2) is 8.70. The number of non-ortho nitro benzene ring substituents is 1. The summed E-state index contributed by atoms with van der Waals surface area (Å²) in [6.45, 7) is 1.36. The third kappa shape index (κ3) is 4.44. The van der Waals surface area contributed by atoms with Crippen molar-refractivity contribution >= 4 is 23.2 Å². The molecule has 166 valence electrons. The first kappa shape index (κ1) is 21.4. The molecule has 0 saturated heterocycles. The highest BCUT2D eigenvalue weighted by atomic mass is 16.6. The number of hydrogen-bond acceptors (Lipinski definition) is 9. The lowest BCUT2D eigenvalue weighted by Gasteiger charge is -2.19. The largest absolute Gasteiger partial charge is 0.450 e. The molecule has 0 saturated carbocycles. The smallest absolute Gasteiger partial charge is 0.318 e. The number of amides is 1. The van der Waals surface area contributed by atoms with E-state index in [1.165, 1.54) is 24.1 Å². The average Bonchev–Trinajstić information content (AvgIpc) is 3.26. The fraction of sp³-hybridized carbons (Fsp3) is 0.0952. The Morgan fingerprint density at radius 2 is 1.73 bits per heavy atom. The van der Waals surface area contributed by atoms with Gasteiger partial charge in [0.1, 0.15) is 5.75 Å². The number of ether oxygens (including phenoxy) is 2. The highest BCUT2D eigenvalue weighted by Gasteiger charge is 2.33. The van der Waals surface area contributed by atoms with Crippen LogP contribution in [0.25, 0.3) is 0 Å². The molecule has 1 amide bonds. The van der Waals surface area contributed by atoms with Crippen LogP contribution in [0.5, 0.6) is 11.5 Å². The molecule has 33 heavy (non-hydrogen) atoms. The molecule has 3 aromatic rings. The monoisotopic (exact) mass is 449 g/mol. The maximum atomic E-state index is 12.1. The first-order chi connectivity index (χ1) is 15.8. The van der Waals surface area contributed by atoms with E-state index in [0.717, 1.165) is 18.2 Å². The Balaban J connectivity index is 1.56. The van der Waals surface area contributed by atoms with Crippen molar-refractivity contribution in [2.75, 3.05) is 0 Å². The number of carbonyl (C=O) groups is 1. The van der Waals surface area contributed by atoms with E-state index < -0.39 is 27.4 Å². The zero-order valence-electron chi connectivity index (χ0n) is 17.0. The van der Waals surface area contributed by atoms with Crippen molar-refractivity contribution < 1.29 is 24.1 Å². The maximum Gasteiger partial charge on any atom is 0.318 e. The van der Waals surface area contributed by atoms with Gasteiger partial charge in [-0.3, -0.25) is 30.0 Å². The van der Waals surface area contributed by atoms with Gasteiger partial charge < -0.3 is 9.47 Å². The van der Waals surface area contributed by atoms with Crippen LogP contribution in [-0.4, -0.2) is 31.6 Å². The number of nitro benzene ring substituents is 2. The predicted octanol–water partition coefficient (Wildman–Crippen LogP) is 3.93. The SMILES string of the molecule is CC(=O)N1N=C(c2ccncc2)O[C@H]1c1ccc(Oc2ccc([N+](=O)[O-])cc2[N+](=O)[O-])cc1. The minimum atomic E-state index is -0.812. The number of pyridine rings is 1. The van der Waals surface area contributed by atoms with Crippen LogP contribution in [-0.2, 0) is 9.53 Å². The van der Waals surface area contributed by atoms with Crippen LogP contribution in [0.15, 0.2) is 72.1 Å². The Morgan fingerprint density at radius 3 is 2.33 bits per heavy atom. The Kier molecular flexibility index (Phi) is 5.64. The lowest BCUT2D eigenvalue weighted by atomic mass is 10.2. The number of hydrogen-bond donors (Lipinski definition) is 0. The number of rotatable bonds is 6. The van der Waals surface area contributed by atoms with Crippen LogP contribution in [0, 0.1) is 20.2 Å². The fourth-order valence-electron chi connectivity index (χ4n) is 3.07. The van der Waals surface area contributed by atoms with Crippen molar-refractivity contribution in [2.45, 2.75) is 13.2 Å². The topological polar surface area (TPSA) is 150 Å². The quantitative estimate of drug-likeness (QED) is 0.406. The molecule has 0 N–H and O–H groups in total. The van der Waals surface area contributed by atoms with Gasteiger partial charge in [0, 0.05) is 36.5 Å². The van der Waals surface area contributed by atoms with Gasteiger partial charge in [-0.2, -0.15) is 5.01 Å². The second-order valence-electron chi connectivity index (χ2n) is 6.81. The predicted molar refractivity (Wildman–Crippen MR) is 113 cm³/mol. The fourth-order valence-corrected chi connectivity index (χ4v) is 3.07. The first-order valence-corrected chi connectivity index (χ1v) is 9.49.